The number of β-amino-alcohol motifs (C(OH)–C–C–N with tert-alkyl or cyclic N) is 1. The molecule has 1 N–H and O–H groups in total. The van der Waals surface area contributed by atoms with Crippen LogP contribution in [0.1, 0.15) is 39.0 Å². The fraction of sp³-hybridized carbons (Fsp3) is 0.552. The zero-order valence-electron chi connectivity index (χ0n) is 22.9. The number of likely N-dealkylation sites (tertiary alicyclic amines) is 1. The fourth-order valence-electron chi connectivity index (χ4n) is 6.92. The van der Waals surface area contributed by atoms with Gasteiger partial charge < -0.3 is 24.4 Å². The van der Waals surface area contributed by atoms with Gasteiger partial charge in [-0.2, -0.15) is 0 Å². The second-order valence-electron chi connectivity index (χ2n) is 10.8. The molecule has 40 heavy (non-hydrogen) atoms. The molecule has 11 nitrogen and oxygen atoms in total. The third-order valence-electron chi connectivity index (χ3n) is 8.69. The fourth-order valence-corrected chi connectivity index (χ4v) is 6.92. The van der Waals surface area contributed by atoms with Gasteiger partial charge in [0.15, 0.2) is 0 Å². The van der Waals surface area contributed by atoms with E-state index < -0.39 is 35.0 Å². The highest BCUT2D eigenvalue weighted by Crippen LogP contribution is 2.64. The second-order valence-corrected chi connectivity index (χ2v) is 10.8. The molecule has 214 valence electrons. The molecule has 2 bridgehead atoms. The summed E-state index contributed by atoms with van der Waals surface area (Å²) >= 11 is 0. The molecule has 3 fully saturated rings. The van der Waals surface area contributed by atoms with E-state index in [0.717, 1.165) is 5.52 Å². The number of para-hydroxylation sites is 1. The van der Waals surface area contributed by atoms with E-state index in [-0.39, 0.29) is 44.8 Å². The number of hydrogen-bond donors (Lipinski definition) is 1. The minimum atomic E-state index is -1.20. The minimum absolute atomic E-state index is 0.0503. The maximum atomic E-state index is 14.4. The van der Waals surface area contributed by atoms with Gasteiger partial charge in [-0.05, 0) is 44.2 Å². The number of aliphatic hydroxyl groups is 1. The Kier molecular flexibility index (Phi) is 7.78. The quantitative estimate of drug-likeness (QED) is 0.228. The van der Waals surface area contributed by atoms with Gasteiger partial charge in [0.25, 0.3) is 0 Å². The van der Waals surface area contributed by atoms with Crippen molar-refractivity contribution in [2.24, 2.45) is 11.8 Å². The van der Waals surface area contributed by atoms with Crippen LogP contribution in [0, 0.1) is 11.8 Å². The van der Waals surface area contributed by atoms with E-state index in [4.69, 9.17) is 9.47 Å². The first kappa shape index (κ1) is 28.0. The number of allylic oxidation sites excluding steroid dienone is 1. The lowest BCUT2D eigenvalue weighted by Gasteiger charge is -2.36. The first-order valence-electron chi connectivity index (χ1n) is 13.9. The largest absolute Gasteiger partial charge is 0.465 e. The molecular formula is C29H37N5O6. The second kappa shape index (κ2) is 11.1. The Morgan fingerprint density at radius 2 is 2.08 bits per heavy atom. The van der Waals surface area contributed by atoms with E-state index >= 15 is 0 Å². The highest BCUT2D eigenvalue weighted by atomic mass is 16.6. The number of aromatic nitrogens is 3. The van der Waals surface area contributed by atoms with E-state index in [1.807, 2.05) is 31.2 Å². The Labute approximate surface area is 233 Å². The van der Waals surface area contributed by atoms with Gasteiger partial charge in [0.1, 0.15) is 29.7 Å². The van der Waals surface area contributed by atoms with Crippen LogP contribution >= 0.6 is 0 Å². The molecule has 2 aromatic rings. The van der Waals surface area contributed by atoms with Crippen molar-refractivity contribution in [2.45, 2.75) is 62.9 Å². The molecule has 3 saturated heterocycles. The summed E-state index contributed by atoms with van der Waals surface area (Å²) in [5, 5.41) is 18.3. The number of unbranched alkanes of at least 4 members (excludes halogenated alkanes) is 1. The van der Waals surface area contributed by atoms with Crippen molar-refractivity contribution in [2.75, 3.05) is 26.3 Å². The first-order valence-corrected chi connectivity index (χ1v) is 13.9. The summed E-state index contributed by atoms with van der Waals surface area (Å²) in [6.45, 7) is 9.57. The predicted molar refractivity (Wildman–Crippen MR) is 145 cm³/mol. The van der Waals surface area contributed by atoms with Crippen molar-refractivity contribution < 1.29 is 29.0 Å². The van der Waals surface area contributed by atoms with Crippen LogP contribution in [0.3, 0.4) is 0 Å². The molecule has 0 saturated carbocycles. The van der Waals surface area contributed by atoms with Gasteiger partial charge in [-0.1, -0.05) is 36.4 Å². The number of fused-ring (bicyclic) bond motifs is 2. The molecule has 11 heteroatoms. The van der Waals surface area contributed by atoms with E-state index in [1.165, 1.54) is 4.90 Å². The average Bonchev–Trinajstić information content (AvgIpc) is 3.68. The molecule has 2 unspecified atom stereocenters. The van der Waals surface area contributed by atoms with Gasteiger partial charge in [0, 0.05) is 13.1 Å². The van der Waals surface area contributed by atoms with Crippen molar-refractivity contribution >= 4 is 28.8 Å². The third kappa shape index (κ3) is 4.32. The Morgan fingerprint density at radius 3 is 2.80 bits per heavy atom. The molecule has 2 amide bonds. The van der Waals surface area contributed by atoms with Crippen molar-refractivity contribution in [3.05, 3.63) is 49.6 Å². The molecule has 0 aliphatic carbocycles. The summed E-state index contributed by atoms with van der Waals surface area (Å²) < 4.78 is 14.0. The van der Waals surface area contributed by atoms with Gasteiger partial charge in [-0.15, -0.1) is 18.3 Å². The molecule has 0 radical (unpaired) electrons. The van der Waals surface area contributed by atoms with E-state index in [0.29, 0.717) is 37.6 Å². The normalized spacial score (nSPS) is 28.6. The lowest BCUT2D eigenvalue weighted by atomic mass is 9.65. The number of nitrogens with zero attached hydrogens (tertiary/aromatic N) is 5. The van der Waals surface area contributed by atoms with Gasteiger partial charge in [0.05, 0.1) is 30.2 Å². The number of ether oxygens (including phenoxy) is 2. The number of benzene rings is 1. The van der Waals surface area contributed by atoms with Gasteiger partial charge in [-0.25, -0.2) is 4.68 Å². The molecule has 1 aromatic carbocycles. The number of amides is 2. The Morgan fingerprint density at radius 1 is 1.27 bits per heavy atom. The van der Waals surface area contributed by atoms with E-state index in [9.17, 15) is 19.5 Å². The monoisotopic (exact) mass is 551 g/mol. The summed E-state index contributed by atoms with van der Waals surface area (Å²) in [7, 11) is 0. The first-order chi connectivity index (χ1) is 19.4. The predicted octanol–water partition coefficient (Wildman–Crippen LogP) is 2.06. The van der Waals surface area contributed by atoms with Crippen LogP contribution in [-0.2, 0) is 30.5 Å². The lowest BCUT2D eigenvalue weighted by Crippen LogP contribution is -2.56. The standard InChI is InChI=1S/C29H37N5O6/c1-4-7-10-18-39-27(38)23-22-25(36)33(16-17-35)24(29(22)14-13-28(23,6-3)40-29)26(37)32(15-5-2)19-34-21-12-9-8-11-20(21)30-31-34/h4-5,8-9,11-12,22-24,35H,1-2,6-7,10,13-19H2,3H3/t22-,23+,24?,28-,29?/m0/s1. The number of carbonyl (C=O) groups excluding carboxylic acids is 3. The van der Waals surface area contributed by atoms with Crippen LogP contribution in [0.5, 0.6) is 0 Å². The van der Waals surface area contributed by atoms with Crippen LogP contribution < -0.4 is 0 Å². The van der Waals surface area contributed by atoms with Crippen LogP contribution in [-0.4, -0.2) is 91.2 Å². The molecule has 5 atom stereocenters. The van der Waals surface area contributed by atoms with Crippen molar-refractivity contribution in [1.82, 2.24) is 24.8 Å². The summed E-state index contributed by atoms with van der Waals surface area (Å²) in [6, 6.07) is 6.43. The highest BCUT2D eigenvalue weighted by molar-refractivity contribution is 5.98. The van der Waals surface area contributed by atoms with Crippen molar-refractivity contribution in [3.8, 4) is 0 Å². The Hall–Kier alpha value is -3.57. The average molecular weight is 552 g/mol. The smallest absolute Gasteiger partial charge is 0.312 e. The molecule has 1 aromatic heterocycles. The van der Waals surface area contributed by atoms with Crippen LogP contribution in [0.15, 0.2) is 49.6 Å². The van der Waals surface area contributed by atoms with Crippen LogP contribution in [0.2, 0.25) is 0 Å². The zero-order chi connectivity index (χ0) is 28.5. The number of aliphatic hydroxyl groups excluding tert-OH is 1. The topological polar surface area (TPSA) is 127 Å². The Bertz CT molecular complexity index is 1310. The summed E-state index contributed by atoms with van der Waals surface area (Å²) in [4.78, 5) is 44.8. The van der Waals surface area contributed by atoms with Crippen molar-refractivity contribution in [3.63, 3.8) is 0 Å². The SMILES string of the molecule is C=CCCCOC(=O)[C@H]1[C@H]2C(=O)N(CCO)C(C(=O)N(CC=C)Cn3nnc4ccccc43)C23CC[C@]1(CC)O3. The third-order valence-corrected chi connectivity index (χ3v) is 8.69. The van der Waals surface area contributed by atoms with Gasteiger partial charge >= 0.3 is 5.97 Å². The maximum Gasteiger partial charge on any atom is 0.312 e. The number of hydrogen-bond acceptors (Lipinski definition) is 8. The van der Waals surface area contributed by atoms with E-state index in [1.54, 1.807) is 21.7 Å². The van der Waals surface area contributed by atoms with Crippen molar-refractivity contribution in [1.29, 1.82) is 0 Å². The zero-order valence-corrected chi connectivity index (χ0v) is 22.9. The summed E-state index contributed by atoms with van der Waals surface area (Å²) in [5.74, 6) is -2.88. The van der Waals surface area contributed by atoms with Crippen LogP contribution in [0.25, 0.3) is 11.0 Å². The molecule has 1 spiro atoms. The van der Waals surface area contributed by atoms with Gasteiger partial charge in [-0.3, -0.25) is 14.4 Å². The minimum Gasteiger partial charge on any atom is -0.465 e. The summed E-state index contributed by atoms with van der Waals surface area (Å²) in [5.41, 5.74) is -0.626. The molecule has 5 rings (SSSR count). The molecule has 4 heterocycles. The number of esters is 1. The maximum absolute atomic E-state index is 14.4. The molecule has 3 aliphatic heterocycles. The number of carbonyl (C=O) groups is 3. The molecular weight excluding hydrogens is 514 g/mol. The molecule has 3 aliphatic rings. The Balaban J connectivity index is 1.49. The summed E-state index contributed by atoms with van der Waals surface area (Å²) in [6.07, 6.45) is 6.21. The highest BCUT2D eigenvalue weighted by Gasteiger charge is 2.79. The van der Waals surface area contributed by atoms with Crippen LogP contribution in [0.4, 0.5) is 0 Å². The van der Waals surface area contributed by atoms with E-state index in [2.05, 4.69) is 23.5 Å². The lowest BCUT2D eigenvalue weighted by molar-refractivity contribution is -0.162. The van der Waals surface area contributed by atoms with Gasteiger partial charge in [0.2, 0.25) is 11.8 Å². The number of rotatable bonds is 13.